The van der Waals surface area contributed by atoms with Crippen LogP contribution in [0.2, 0.25) is 0 Å². The Morgan fingerprint density at radius 2 is 1.60 bits per heavy atom. The molecule has 0 aromatic heterocycles. The van der Waals surface area contributed by atoms with Crippen molar-refractivity contribution in [3.8, 4) is 0 Å². The minimum Gasteiger partial charge on any atom is -0.394 e. The Hall–Kier alpha value is 0.180. The molecule has 0 aliphatic heterocycles. The summed E-state index contributed by atoms with van der Waals surface area (Å²) in [7, 11) is -8.75. The molecule has 0 saturated heterocycles. The zero-order valence-electron chi connectivity index (χ0n) is 7.55. The van der Waals surface area contributed by atoms with E-state index in [1.54, 1.807) is 0 Å². The molecule has 0 aromatic carbocycles. The lowest BCUT2D eigenvalue weighted by Crippen LogP contribution is -2.03. The summed E-state index contributed by atoms with van der Waals surface area (Å²) in [5.74, 6) is 0. The van der Waals surface area contributed by atoms with Crippen molar-refractivity contribution in [1.82, 2.24) is 0 Å². The van der Waals surface area contributed by atoms with Crippen LogP contribution >= 0.6 is 15.4 Å². The number of phosphoric acid groups is 1. The molecule has 15 heavy (non-hydrogen) atoms. The second-order valence-electron chi connectivity index (χ2n) is 2.18. The van der Waals surface area contributed by atoms with Crippen molar-refractivity contribution in [3.05, 3.63) is 0 Å². The Kier molecular flexibility index (Phi) is 6.78. The van der Waals surface area contributed by atoms with E-state index in [2.05, 4.69) is 13.6 Å². The third-order valence-electron chi connectivity index (χ3n) is 0.989. The summed E-state index contributed by atoms with van der Waals surface area (Å²) in [5, 5.41) is 16.4. The normalized spacial score (nSPS) is 19.5. The lowest BCUT2D eigenvalue weighted by Gasteiger charge is -2.14. The van der Waals surface area contributed by atoms with Crippen LogP contribution in [0.5, 0.6) is 0 Å². The van der Waals surface area contributed by atoms with Gasteiger partial charge in [0, 0.05) is 0 Å². The first-order chi connectivity index (χ1) is 6.83. The Morgan fingerprint density at radius 1 is 1.00 bits per heavy atom. The molecule has 0 aliphatic carbocycles. The van der Waals surface area contributed by atoms with Gasteiger partial charge in [0.05, 0.1) is 13.2 Å². The largest absolute Gasteiger partial charge is 0.474 e. The van der Waals surface area contributed by atoms with Crippen molar-refractivity contribution >= 4 is 15.4 Å². The van der Waals surface area contributed by atoms with Crippen LogP contribution in [0.3, 0.4) is 0 Å². The maximum Gasteiger partial charge on any atom is 0.474 e. The molecule has 0 rings (SSSR count). The summed E-state index contributed by atoms with van der Waals surface area (Å²) >= 11 is 0. The SMILES string of the molecule is O=P(O)(COP(=O)(O)OCO)OCCO. The van der Waals surface area contributed by atoms with E-state index in [1.165, 1.54) is 0 Å². The Balaban J connectivity index is 4.02. The molecule has 0 bridgehead atoms. The number of rotatable bonds is 8. The quantitative estimate of drug-likeness (QED) is 0.328. The molecule has 92 valence electrons. The van der Waals surface area contributed by atoms with Gasteiger partial charge in [-0.15, -0.1) is 0 Å². The standard InChI is InChI=1S/C4H12O9P2/c5-1-2-11-14(7,8)4-13-15(9,10)12-3-6/h5-6H,1-4H2,(H,7,8)(H,9,10). The highest BCUT2D eigenvalue weighted by molar-refractivity contribution is 7.54. The Morgan fingerprint density at radius 3 is 2.07 bits per heavy atom. The van der Waals surface area contributed by atoms with Gasteiger partial charge in [-0.3, -0.25) is 13.6 Å². The van der Waals surface area contributed by atoms with E-state index in [4.69, 9.17) is 20.0 Å². The number of hydrogen-bond donors (Lipinski definition) is 4. The fraction of sp³-hybridized carbons (Fsp3) is 1.00. The van der Waals surface area contributed by atoms with Gasteiger partial charge in [0.25, 0.3) is 0 Å². The van der Waals surface area contributed by atoms with Crippen molar-refractivity contribution in [2.24, 2.45) is 0 Å². The minimum atomic E-state index is -4.55. The first-order valence-corrected chi connectivity index (χ1v) is 6.89. The van der Waals surface area contributed by atoms with Gasteiger partial charge in [-0.2, -0.15) is 0 Å². The van der Waals surface area contributed by atoms with E-state index in [-0.39, 0.29) is 0 Å². The number of hydrogen-bond acceptors (Lipinski definition) is 7. The van der Waals surface area contributed by atoms with Gasteiger partial charge in [0.1, 0.15) is 0 Å². The van der Waals surface area contributed by atoms with Crippen LogP contribution in [-0.4, -0.2) is 46.4 Å². The van der Waals surface area contributed by atoms with Crippen molar-refractivity contribution in [1.29, 1.82) is 0 Å². The van der Waals surface area contributed by atoms with Crippen LogP contribution in [0.1, 0.15) is 0 Å². The first-order valence-electron chi connectivity index (χ1n) is 3.63. The van der Waals surface area contributed by atoms with Crippen LogP contribution in [-0.2, 0) is 22.7 Å². The predicted molar refractivity (Wildman–Crippen MR) is 46.8 cm³/mol. The number of aliphatic hydroxyl groups is 2. The molecule has 0 amide bonds. The van der Waals surface area contributed by atoms with E-state index < -0.39 is 41.8 Å². The van der Waals surface area contributed by atoms with Gasteiger partial charge in [0.15, 0.2) is 13.1 Å². The van der Waals surface area contributed by atoms with E-state index in [0.29, 0.717) is 0 Å². The Bertz CT molecular complexity index is 265. The zero-order valence-corrected chi connectivity index (χ0v) is 9.34. The van der Waals surface area contributed by atoms with Gasteiger partial charge in [-0.1, -0.05) is 0 Å². The van der Waals surface area contributed by atoms with E-state index in [9.17, 15) is 9.13 Å². The van der Waals surface area contributed by atoms with Crippen LogP contribution in [0.15, 0.2) is 0 Å². The lowest BCUT2D eigenvalue weighted by molar-refractivity contribution is 0.0544. The first kappa shape index (κ1) is 15.2. The molecule has 2 atom stereocenters. The molecule has 11 heteroatoms. The molecule has 0 radical (unpaired) electrons. The second-order valence-corrected chi connectivity index (χ2v) is 5.42. The summed E-state index contributed by atoms with van der Waals surface area (Å²) in [6, 6.07) is 0. The topological polar surface area (TPSA) is 143 Å². The highest BCUT2D eigenvalue weighted by Crippen LogP contribution is 2.50. The van der Waals surface area contributed by atoms with Crippen LogP contribution in [0.4, 0.5) is 0 Å². The number of phosphoric ester groups is 1. The molecule has 0 aromatic rings. The molecule has 9 nitrogen and oxygen atoms in total. The number of aliphatic hydroxyl groups excluding tert-OH is 2. The highest BCUT2D eigenvalue weighted by Gasteiger charge is 2.28. The van der Waals surface area contributed by atoms with E-state index >= 15 is 0 Å². The molecule has 4 N–H and O–H groups in total. The summed E-state index contributed by atoms with van der Waals surface area (Å²) in [6.07, 6.45) is -1.08. The van der Waals surface area contributed by atoms with Crippen molar-refractivity contribution in [2.45, 2.75) is 0 Å². The van der Waals surface area contributed by atoms with Gasteiger partial charge < -0.3 is 24.5 Å². The van der Waals surface area contributed by atoms with Crippen molar-refractivity contribution in [3.63, 3.8) is 0 Å². The van der Waals surface area contributed by atoms with E-state index in [1.807, 2.05) is 0 Å². The predicted octanol–water partition coefficient (Wildman–Crippen LogP) is -0.778. The van der Waals surface area contributed by atoms with Crippen molar-refractivity contribution < 1.29 is 42.7 Å². The molecular weight excluding hydrogens is 254 g/mol. The summed E-state index contributed by atoms with van der Waals surface area (Å²) in [4.78, 5) is 17.6. The summed E-state index contributed by atoms with van der Waals surface area (Å²) in [6.45, 7) is -1.96. The van der Waals surface area contributed by atoms with Crippen molar-refractivity contribution in [2.75, 3.05) is 26.4 Å². The molecule has 0 fully saturated rings. The van der Waals surface area contributed by atoms with E-state index in [0.717, 1.165) is 0 Å². The summed E-state index contributed by atoms with van der Waals surface area (Å²) < 4.78 is 33.8. The molecule has 0 saturated carbocycles. The third-order valence-corrected chi connectivity index (χ3v) is 3.13. The molecular formula is C4H12O9P2. The average molecular weight is 266 g/mol. The molecule has 0 spiro atoms. The fourth-order valence-corrected chi connectivity index (χ4v) is 2.31. The third kappa shape index (κ3) is 8.04. The van der Waals surface area contributed by atoms with Gasteiger partial charge in [-0.05, 0) is 0 Å². The smallest absolute Gasteiger partial charge is 0.394 e. The zero-order chi connectivity index (χ0) is 11.9. The monoisotopic (exact) mass is 266 g/mol. The fourth-order valence-electron chi connectivity index (χ4n) is 0.477. The maximum atomic E-state index is 11.0. The van der Waals surface area contributed by atoms with Crippen LogP contribution in [0, 0.1) is 0 Å². The average Bonchev–Trinajstić information content (AvgIpc) is 2.12. The van der Waals surface area contributed by atoms with Gasteiger partial charge >= 0.3 is 15.4 Å². The molecule has 0 aliphatic rings. The molecule has 2 unspecified atom stereocenters. The van der Waals surface area contributed by atoms with Gasteiger partial charge in [0.2, 0.25) is 0 Å². The summed E-state index contributed by atoms with van der Waals surface area (Å²) in [5.41, 5.74) is 0. The highest BCUT2D eigenvalue weighted by atomic mass is 31.2. The Labute approximate surface area is 85.4 Å². The van der Waals surface area contributed by atoms with Gasteiger partial charge in [-0.25, -0.2) is 4.57 Å². The lowest BCUT2D eigenvalue weighted by atomic mass is 10.8. The second kappa shape index (κ2) is 6.70. The van der Waals surface area contributed by atoms with Crippen LogP contribution in [0.25, 0.3) is 0 Å². The molecule has 0 heterocycles. The minimum absolute atomic E-state index is 0.409. The van der Waals surface area contributed by atoms with Crippen LogP contribution < -0.4 is 0 Å². The maximum absolute atomic E-state index is 11.0.